The highest BCUT2D eigenvalue weighted by Crippen LogP contribution is 2.14. The van der Waals surface area contributed by atoms with E-state index in [1.807, 2.05) is 0 Å². The molecule has 0 radical (unpaired) electrons. The molecule has 2 rings (SSSR count). The van der Waals surface area contributed by atoms with Gasteiger partial charge in [0.1, 0.15) is 13.1 Å². The van der Waals surface area contributed by atoms with Crippen LogP contribution in [0.15, 0.2) is 5.10 Å². The minimum atomic E-state index is 0.0338. The number of morpholine rings is 1. The molecule has 1 saturated carbocycles. The Kier molecular flexibility index (Phi) is 6.30. The van der Waals surface area contributed by atoms with Crippen LogP contribution in [0.1, 0.15) is 44.9 Å². The first-order chi connectivity index (χ1) is 9.34. The molecule has 19 heavy (non-hydrogen) atoms. The topological polar surface area (TPSA) is 55.1 Å². The van der Waals surface area contributed by atoms with E-state index in [-0.39, 0.29) is 5.91 Å². The first-order valence-electron chi connectivity index (χ1n) is 7.60. The van der Waals surface area contributed by atoms with Crippen LogP contribution in [0.4, 0.5) is 0 Å². The third-order valence-electron chi connectivity index (χ3n) is 3.88. The molecule has 1 saturated heterocycles. The molecule has 5 heteroatoms. The number of hydrogen-bond acceptors (Lipinski definition) is 3. The third-order valence-corrected chi connectivity index (χ3v) is 3.88. The molecular weight excluding hydrogens is 242 g/mol. The lowest BCUT2D eigenvalue weighted by Crippen LogP contribution is -3.15. The highest BCUT2D eigenvalue weighted by Gasteiger charge is 2.17. The minimum Gasteiger partial charge on any atom is -0.370 e. The van der Waals surface area contributed by atoms with Gasteiger partial charge in [-0.25, -0.2) is 5.43 Å². The van der Waals surface area contributed by atoms with Gasteiger partial charge in [0.15, 0.2) is 6.54 Å². The fraction of sp³-hybridized carbons (Fsp3) is 0.857. The van der Waals surface area contributed by atoms with Crippen LogP contribution >= 0.6 is 0 Å². The van der Waals surface area contributed by atoms with Crippen LogP contribution in [-0.4, -0.2) is 44.5 Å². The van der Waals surface area contributed by atoms with Gasteiger partial charge in [0.05, 0.1) is 13.2 Å². The summed E-state index contributed by atoms with van der Waals surface area (Å²) in [6.45, 7) is 3.88. The quantitative estimate of drug-likeness (QED) is 0.714. The van der Waals surface area contributed by atoms with Gasteiger partial charge in [-0.1, -0.05) is 19.3 Å². The van der Waals surface area contributed by atoms with Crippen molar-refractivity contribution in [3.63, 3.8) is 0 Å². The van der Waals surface area contributed by atoms with Crippen LogP contribution in [0.3, 0.4) is 0 Å². The highest BCUT2D eigenvalue weighted by molar-refractivity contribution is 5.86. The molecule has 5 nitrogen and oxygen atoms in total. The van der Waals surface area contributed by atoms with Crippen LogP contribution in [0.25, 0.3) is 0 Å². The zero-order valence-electron chi connectivity index (χ0n) is 11.7. The number of nitrogens with zero attached hydrogens (tertiary/aromatic N) is 1. The normalized spacial score (nSPS) is 22.4. The molecule has 0 bridgehead atoms. The molecule has 2 fully saturated rings. The van der Waals surface area contributed by atoms with Gasteiger partial charge < -0.3 is 9.64 Å². The molecule has 0 aromatic rings. The lowest BCUT2D eigenvalue weighted by molar-refractivity contribution is -0.900. The van der Waals surface area contributed by atoms with Gasteiger partial charge in [-0.05, 0) is 25.7 Å². The minimum absolute atomic E-state index is 0.0338. The number of ether oxygens (including phenoxy) is 1. The predicted octanol–water partition coefficient (Wildman–Crippen LogP) is 0.118. The lowest BCUT2D eigenvalue weighted by atomic mass is 9.99. The van der Waals surface area contributed by atoms with Gasteiger partial charge >= 0.3 is 0 Å². The predicted molar refractivity (Wildman–Crippen MR) is 74.3 cm³/mol. The Hall–Kier alpha value is -0.940. The third kappa shape index (κ3) is 5.70. The maximum atomic E-state index is 11.8. The molecule has 2 N–H and O–H groups in total. The zero-order valence-corrected chi connectivity index (χ0v) is 11.7. The number of nitrogens with one attached hydrogen (secondary N) is 2. The van der Waals surface area contributed by atoms with E-state index in [9.17, 15) is 4.79 Å². The molecule has 1 heterocycles. The van der Waals surface area contributed by atoms with Crippen molar-refractivity contribution >= 4 is 11.6 Å². The molecule has 0 atom stereocenters. The van der Waals surface area contributed by atoms with Crippen molar-refractivity contribution in [3.8, 4) is 0 Å². The van der Waals surface area contributed by atoms with E-state index < -0.39 is 0 Å². The second kappa shape index (κ2) is 8.27. The molecule has 0 aromatic heterocycles. The number of hydrogen-bond donors (Lipinski definition) is 2. The van der Waals surface area contributed by atoms with E-state index in [1.165, 1.54) is 42.7 Å². The summed E-state index contributed by atoms with van der Waals surface area (Å²) in [6, 6.07) is 0. The number of rotatable bonds is 3. The molecule has 0 aromatic carbocycles. The molecule has 1 amide bonds. The molecule has 0 unspecified atom stereocenters. The van der Waals surface area contributed by atoms with Crippen LogP contribution in [0, 0.1) is 0 Å². The van der Waals surface area contributed by atoms with E-state index in [0.717, 1.165) is 39.1 Å². The van der Waals surface area contributed by atoms with Gasteiger partial charge in [0, 0.05) is 5.71 Å². The van der Waals surface area contributed by atoms with Crippen molar-refractivity contribution in [2.24, 2.45) is 5.10 Å². The zero-order chi connectivity index (χ0) is 13.3. The second-order valence-electron chi connectivity index (χ2n) is 5.52. The highest BCUT2D eigenvalue weighted by atomic mass is 16.5. The van der Waals surface area contributed by atoms with E-state index in [1.54, 1.807) is 0 Å². The van der Waals surface area contributed by atoms with Crippen molar-refractivity contribution in [1.82, 2.24) is 5.43 Å². The summed E-state index contributed by atoms with van der Waals surface area (Å²) in [4.78, 5) is 13.1. The summed E-state index contributed by atoms with van der Waals surface area (Å²) >= 11 is 0. The van der Waals surface area contributed by atoms with Gasteiger partial charge in [0.2, 0.25) is 0 Å². The van der Waals surface area contributed by atoms with Crippen LogP contribution < -0.4 is 10.3 Å². The largest absolute Gasteiger partial charge is 0.370 e. The Morgan fingerprint density at radius 1 is 1.11 bits per heavy atom. The Morgan fingerprint density at radius 2 is 1.74 bits per heavy atom. The van der Waals surface area contributed by atoms with Crippen LogP contribution in [-0.2, 0) is 9.53 Å². The van der Waals surface area contributed by atoms with Crippen molar-refractivity contribution in [1.29, 1.82) is 0 Å². The molecular formula is C14H26N3O2+. The summed E-state index contributed by atoms with van der Waals surface area (Å²) in [7, 11) is 0. The van der Waals surface area contributed by atoms with Gasteiger partial charge in [-0.15, -0.1) is 0 Å². The van der Waals surface area contributed by atoms with Crippen LogP contribution in [0.5, 0.6) is 0 Å². The summed E-state index contributed by atoms with van der Waals surface area (Å²) < 4.78 is 5.28. The number of amides is 1. The fourth-order valence-electron chi connectivity index (χ4n) is 2.67. The maximum absolute atomic E-state index is 11.8. The molecule has 1 aliphatic heterocycles. The van der Waals surface area contributed by atoms with Crippen molar-refractivity contribution < 1.29 is 14.4 Å². The first-order valence-corrected chi connectivity index (χ1v) is 7.60. The second-order valence-corrected chi connectivity index (χ2v) is 5.52. The smallest absolute Gasteiger partial charge is 0.295 e. The number of quaternary nitrogens is 1. The van der Waals surface area contributed by atoms with Crippen LogP contribution in [0.2, 0.25) is 0 Å². The van der Waals surface area contributed by atoms with Crippen molar-refractivity contribution in [3.05, 3.63) is 0 Å². The van der Waals surface area contributed by atoms with E-state index in [2.05, 4.69) is 10.5 Å². The number of carbonyl (C=O) groups is 1. The van der Waals surface area contributed by atoms with Gasteiger partial charge in [-0.2, -0.15) is 5.10 Å². The standard InChI is InChI=1S/C14H25N3O2/c18-14(12-17-8-10-19-11-9-17)16-15-13-6-4-2-1-3-5-7-13/h1-12H2,(H,16,18)/p+1. The Bertz CT molecular complexity index is 302. The van der Waals surface area contributed by atoms with Gasteiger partial charge in [0.25, 0.3) is 5.91 Å². The number of hydrazone groups is 1. The SMILES string of the molecule is O=C(C[NH+]1CCOCC1)NN=C1CCCCCCC1. The molecule has 0 spiro atoms. The number of carbonyl (C=O) groups excluding carboxylic acids is 1. The van der Waals surface area contributed by atoms with E-state index in [4.69, 9.17) is 4.74 Å². The first kappa shape index (κ1) is 14.5. The van der Waals surface area contributed by atoms with E-state index >= 15 is 0 Å². The summed E-state index contributed by atoms with van der Waals surface area (Å²) in [6.07, 6.45) is 8.46. The van der Waals surface area contributed by atoms with Gasteiger partial charge in [-0.3, -0.25) is 4.79 Å². The van der Waals surface area contributed by atoms with Crippen molar-refractivity contribution in [2.75, 3.05) is 32.8 Å². The van der Waals surface area contributed by atoms with Crippen molar-refractivity contribution in [2.45, 2.75) is 44.9 Å². The fourth-order valence-corrected chi connectivity index (χ4v) is 2.67. The van der Waals surface area contributed by atoms with E-state index in [0.29, 0.717) is 6.54 Å². The Labute approximate surface area is 115 Å². The average molecular weight is 268 g/mol. The Balaban J connectivity index is 1.71. The Morgan fingerprint density at radius 3 is 2.42 bits per heavy atom. The molecule has 108 valence electrons. The average Bonchev–Trinajstić information content (AvgIpc) is 2.38. The lowest BCUT2D eigenvalue weighted by Gasteiger charge is -2.22. The maximum Gasteiger partial charge on any atom is 0.295 e. The summed E-state index contributed by atoms with van der Waals surface area (Å²) in [5, 5.41) is 4.32. The molecule has 2 aliphatic rings. The summed E-state index contributed by atoms with van der Waals surface area (Å²) in [5.74, 6) is 0.0338. The molecule has 1 aliphatic carbocycles. The monoisotopic (exact) mass is 268 g/mol. The summed E-state index contributed by atoms with van der Waals surface area (Å²) in [5.41, 5.74) is 3.91.